The monoisotopic (exact) mass is 446 g/mol. The van der Waals surface area contributed by atoms with Crippen LogP contribution in [0.15, 0.2) is 85.3 Å². The highest BCUT2D eigenvalue weighted by molar-refractivity contribution is 6.14. The van der Waals surface area contributed by atoms with E-state index in [1.54, 1.807) is 0 Å². The molecule has 4 nitrogen and oxygen atoms in total. The fraction of sp³-hybridized carbons (Fsp3) is 0.0645. The molecule has 2 aliphatic carbocycles. The summed E-state index contributed by atoms with van der Waals surface area (Å²) in [4.78, 5) is 14.2. The Morgan fingerprint density at radius 2 is 1.66 bits per heavy atom. The summed E-state index contributed by atoms with van der Waals surface area (Å²) < 4.78 is 2.25. The van der Waals surface area contributed by atoms with Gasteiger partial charge in [0.15, 0.2) is 0 Å². The Morgan fingerprint density at radius 3 is 2.66 bits per heavy atom. The molecule has 162 valence electrons. The molecule has 0 saturated carbocycles. The van der Waals surface area contributed by atoms with Gasteiger partial charge in [-0.25, -0.2) is 4.98 Å². The fourth-order valence-electron chi connectivity index (χ4n) is 6.49. The maximum absolute atomic E-state index is 5.05. The van der Waals surface area contributed by atoms with Gasteiger partial charge in [0.05, 0.1) is 22.7 Å². The van der Waals surface area contributed by atoms with Gasteiger partial charge in [0.1, 0.15) is 11.2 Å². The van der Waals surface area contributed by atoms with Gasteiger partial charge >= 0.3 is 0 Å². The van der Waals surface area contributed by atoms with Gasteiger partial charge in [-0.1, -0.05) is 36.4 Å². The molecule has 4 heteroatoms. The molecule has 9 rings (SSSR count). The normalized spacial score (nSPS) is 13.5. The minimum atomic E-state index is 0.905. The van der Waals surface area contributed by atoms with Crippen LogP contribution >= 0.6 is 0 Å². The van der Waals surface area contributed by atoms with Crippen molar-refractivity contribution in [2.75, 3.05) is 0 Å². The summed E-state index contributed by atoms with van der Waals surface area (Å²) in [6.07, 6.45) is 7.54. The smallest absolute Gasteiger partial charge is 0.146 e. The van der Waals surface area contributed by atoms with Gasteiger partial charge in [-0.3, -0.25) is 14.4 Å². The molecule has 0 amide bonds. The van der Waals surface area contributed by atoms with Gasteiger partial charge in [-0.05, 0) is 87.7 Å². The lowest BCUT2D eigenvalue weighted by molar-refractivity contribution is 1.23. The maximum Gasteiger partial charge on any atom is 0.146 e. The van der Waals surface area contributed by atoms with Gasteiger partial charge in [-0.15, -0.1) is 0 Å². The summed E-state index contributed by atoms with van der Waals surface area (Å²) >= 11 is 0. The van der Waals surface area contributed by atoms with E-state index in [0.717, 1.165) is 45.9 Å². The fourth-order valence-corrected chi connectivity index (χ4v) is 6.49. The molecule has 0 radical (unpaired) electrons. The van der Waals surface area contributed by atoms with Gasteiger partial charge in [-0.2, -0.15) is 0 Å². The van der Waals surface area contributed by atoms with Crippen LogP contribution in [-0.2, 0) is 12.8 Å². The van der Waals surface area contributed by atoms with Crippen LogP contribution in [0.4, 0.5) is 0 Å². The molecule has 0 N–H and O–H groups in total. The number of hydrogen-bond donors (Lipinski definition) is 0. The second kappa shape index (κ2) is 6.10. The van der Waals surface area contributed by atoms with Crippen molar-refractivity contribution in [3.8, 4) is 22.3 Å². The Labute approximate surface area is 200 Å². The van der Waals surface area contributed by atoms with Crippen molar-refractivity contribution in [1.82, 2.24) is 19.4 Å². The first-order valence-electron chi connectivity index (χ1n) is 12.0. The van der Waals surface area contributed by atoms with E-state index < -0.39 is 0 Å². The molecule has 0 fully saturated rings. The molecule has 2 aliphatic rings. The largest absolute Gasteiger partial charge is 0.290 e. The molecule has 0 spiro atoms. The number of fused-ring (bicyclic) bond motifs is 15. The Kier molecular flexibility index (Phi) is 3.11. The third-order valence-electron chi connectivity index (χ3n) is 7.95. The predicted molar refractivity (Wildman–Crippen MR) is 140 cm³/mol. The maximum atomic E-state index is 5.05. The van der Waals surface area contributed by atoms with Crippen molar-refractivity contribution in [3.63, 3.8) is 0 Å². The third-order valence-corrected chi connectivity index (χ3v) is 7.95. The highest BCUT2D eigenvalue weighted by atomic mass is 15.0. The molecular formula is C31H18N4. The van der Waals surface area contributed by atoms with E-state index in [1.165, 1.54) is 49.9 Å². The Bertz CT molecular complexity index is 2070. The number of nitrogens with zero attached hydrogens (tertiary/aromatic N) is 4. The van der Waals surface area contributed by atoms with Crippen molar-refractivity contribution in [2.24, 2.45) is 0 Å². The number of aromatic nitrogens is 4. The molecule has 4 heterocycles. The first kappa shape index (κ1) is 17.8. The zero-order valence-electron chi connectivity index (χ0n) is 18.8. The van der Waals surface area contributed by atoms with Crippen molar-refractivity contribution in [2.45, 2.75) is 12.8 Å². The van der Waals surface area contributed by atoms with E-state index >= 15 is 0 Å². The van der Waals surface area contributed by atoms with Gasteiger partial charge in [0.25, 0.3) is 0 Å². The van der Waals surface area contributed by atoms with E-state index in [1.807, 2.05) is 30.7 Å². The number of imidazole rings is 1. The average molecular weight is 447 g/mol. The van der Waals surface area contributed by atoms with Crippen LogP contribution in [0.1, 0.15) is 22.3 Å². The second-order valence-corrected chi connectivity index (χ2v) is 9.70. The van der Waals surface area contributed by atoms with Crippen LogP contribution in [0.5, 0.6) is 0 Å². The SMILES string of the molecule is c1ccc2c(c1)Cc1c-2ccc2c1-c1cc3c(cc1C2)c1ncccc1n1c2ccncc2nc31. The lowest BCUT2D eigenvalue weighted by Gasteiger charge is -2.12. The molecule has 35 heavy (non-hydrogen) atoms. The highest BCUT2D eigenvalue weighted by Crippen LogP contribution is 2.49. The molecule has 0 saturated heterocycles. The molecule has 0 aliphatic heterocycles. The molecule has 0 bridgehead atoms. The molecule has 3 aromatic carbocycles. The number of benzene rings is 3. The van der Waals surface area contributed by atoms with Crippen LogP contribution in [0.3, 0.4) is 0 Å². The molecule has 0 unspecified atom stereocenters. The van der Waals surface area contributed by atoms with E-state index in [2.05, 4.69) is 64.0 Å². The minimum Gasteiger partial charge on any atom is -0.290 e. The zero-order valence-corrected chi connectivity index (χ0v) is 18.8. The Balaban J connectivity index is 1.42. The number of hydrogen-bond acceptors (Lipinski definition) is 3. The van der Waals surface area contributed by atoms with Gasteiger partial charge in [0, 0.05) is 23.2 Å². The topological polar surface area (TPSA) is 43.1 Å². The average Bonchev–Trinajstić information content (AvgIpc) is 3.58. The highest BCUT2D eigenvalue weighted by Gasteiger charge is 2.29. The van der Waals surface area contributed by atoms with Crippen molar-refractivity contribution >= 4 is 38.5 Å². The van der Waals surface area contributed by atoms with E-state index in [0.29, 0.717) is 0 Å². The third kappa shape index (κ3) is 2.15. The summed E-state index contributed by atoms with van der Waals surface area (Å²) in [6.45, 7) is 0. The van der Waals surface area contributed by atoms with Crippen molar-refractivity contribution < 1.29 is 0 Å². The minimum absolute atomic E-state index is 0.905. The van der Waals surface area contributed by atoms with Crippen LogP contribution in [-0.4, -0.2) is 19.4 Å². The Hall–Kier alpha value is -4.57. The lowest BCUT2D eigenvalue weighted by atomic mass is 9.94. The van der Waals surface area contributed by atoms with Gasteiger partial charge in [0.2, 0.25) is 0 Å². The summed E-state index contributed by atoms with van der Waals surface area (Å²) in [5.74, 6) is 0. The Morgan fingerprint density at radius 1 is 0.686 bits per heavy atom. The molecule has 0 atom stereocenters. The predicted octanol–water partition coefficient (Wildman–Crippen LogP) is 6.73. The first-order chi connectivity index (χ1) is 17.3. The number of pyridine rings is 3. The first-order valence-corrected chi connectivity index (χ1v) is 12.0. The lowest BCUT2D eigenvalue weighted by Crippen LogP contribution is -1.94. The summed E-state index contributed by atoms with van der Waals surface area (Å²) in [5.41, 5.74) is 16.3. The summed E-state index contributed by atoms with van der Waals surface area (Å²) in [5, 5.41) is 2.31. The molecule has 7 aromatic rings. The quantitative estimate of drug-likeness (QED) is 0.243. The van der Waals surface area contributed by atoms with E-state index in [4.69, 9.17) is 9.97 Å². The van der Waals surface area contributed by atoms with E-state index in [-0.39, 0.29) is 0 Å². The van der Waals surface area contributed by atoms with Crippen LogP contribution < -0.4 is 0 Å². The van der Waals surface area contributed by atoms with Crippen molar-refractivity contribution in [3.05, 3.63) is 108 Å². The van der Waals surface area contributed by atoms with Gasteiger partial charge < -0.3 is 0 Å². The van der Waals surface area contributed by atoms with Crippen LogP contribution in [0.2, 0.25) is 0 Å². The summed E-state index contributed by atoms with van der Waals surface area (Å²) in [7, 11) is 0. The zero-order chi connectivity index (χ0) is 22.7. The van der Waals surface area contributed by atoms with E-state index in [9.17, 15) is 0 Å². The number of rotatable bonds is 0. The standard InChI is InChI=1S/C31H18N4/c1-2-5-20-17(4-1)13-23-21(20)8-7-18-12-19-14-24-25(15-22(19)29(18)23)31-34-26-16-32-11-9-27(26)35(31)28-6-3-10-33-30(24)28/h1-11,14-16H,12-13H2. The van der Waals surface area contributed by atoms with Crippen LogP contribution in [0, 0.1) is 0 Å². The molecule has 4 aromatic heterocycles. The summed E-state index contributed by atoms with van der Waals surface area (Å²) in [6, 6.07) is 24.4. The second-order valence-electron chi connectivity index (χ2n) is 9.70. The van der Waals surface area contributed by atoms with Crippen molar-refractivity contribution in [1.29, 1.82) is 0 Å². The van der Waals surface area contributed by atoms with Crippen LogP contribution in [0.25, 0.3) is 60.7 Å². The molecular weight excluding hydrogens is 428 g/mol.